The fourth-order valence-corrected chi connectivity index (χ4v) is 2.31. The largest absolute Gasteiger partial charge is 0.497 e. The van der Waals surface area contributed by atoms with E-state index in [0.29, 0.717) is 18.7 Å². The SMILES string of the molecule is COc1ccc(-c2ccc(C=O)c(=O)n2CCC(C)C)cc1. The Kier molecular flexibility index (Phi) is 5.15. The summed E-state index contributed by atoms with van der Waals surface area (Å²) >= 11 is 0. The van der Waals surface area contributed by atoms with Gasteiger partial charge in [0.1, 0.15) is 5.75 Å². The van der Waals surface area contributed by atoms with Crippen LogP contribution in [-0.2, 0) is 6.54 Å². The van der Waals surface area contributed by atoms with Crippen LogP contribution in [-0.4, -0.2) is 18.0 Å². The molecule has 0 spiro atoms. The van der Waals surface area contributed by atoms with Crippen LogP contribution in [0.5, 0.6) is 5.75 Å². The van der Waals surface area contributed by atoms with Gasteiger partial charge in [-0.3, -0.25) is 9.59 Å². The highest BCUT2D eigenvalue weighted by Gasteiger charge is 2.11. The van der Waals surface area contributed by atoms with Crippen molar-refractivity contribution in [3.63, 3.8) is 0 Å². The third-order valence-corrected chi connectivity index (χ3v) is 3.65. The number of carbonyl (C=O) groups is 1. The number of carbonyl (C=O) groups excluding carboxylic acids is 1. The van der Waals surface area contributed by atoms with E-state index in [-0.39, 0.29) is 11.1 Å². The summed E-state index contributed by atoms with van der Waals surface area (Å²) in [4.78, 5) is 23.5. The van der Waals surface area contributed by atoms with Crippen molar-refractivity contribution >= 4 is 6.29 Å². The fourth-order valence-electron chi connectivity index (χ4n) is 2.31. The van der Waals surface area contributed by atoms with Crippen molar-refractivity contribution in [2.75, 3.05) is 7.11 Å². The molecular weight excluding hydrogens is 278 g/mol. The van der Waals surface area contributed by atoms with Crippen molar-refractivity contribution in [3.05, 3.63) is 52.3 Å². The van der Waals surface area contributed by atoms with Crippen molar-refractivity contribution in [3.8, 4) is 17.0 Å². The Morgan fingerprint density at radius 2 is 1.82 bits per heavy atom. The van der Waals surface area contributed by atoms with Crippen molar-refractivity contribution in [1.82, 2.24) is 4.57 Å². The second kappa shape index (κ2) is 7.07. The lowest BCUT2D eigenvalue weighted by Crippen LogP contribution is -2.25. The molecular formula is C18H21NO3. The maximum absolute atomic E-state index is 12.4. The topological polar surface area (TPSA) is 48.3 Å². The molecule has 22 heavy (non-hydrogen) atoms. The van der Waals surface area contributed by atoms with Crippen molar-refractivity contribution in [2.24, 2.45) is 5.92 Å². The second-order valence-electron chi connectivity index (χ2n) is 5.66. The van der Waals surface area contributed by atoms with Crippen molar-refractivity contribution in [1.29, 1.82) is 0 Å². The number of hydrogen-bond donors (Lipinski definition) is 0. The second-order valence-corrected chi connectivity index (χ2v) is 5.66. The first-order valence-corrected chi connectivity index (χ1v) is 7.40. The van der Waals surface area contributed by atoms with Crippen LogP contribution in [0.1, 0.15) is 30.6 Å². The van der Waals surface area contributed by atoms with E-state index in [2.05, 4.69) is 13.8 Å². The van der Waals surface area contributed by atoms with Gasteiger partial charge in [0.2, 0.25) is 0 Å². The summed E-state index contributed by atoms with van der Waals surface area (Å²) in [5.41, 5.74) is 1.71. The summed E-state index contributed by atoms with van der Waals surface area (Å²) in [6, 6.07) is 11.0. The van der Waals surface area contributed by atoms with E-state index in [9.17, 15) is 9.59 Å². The molecule has 2 aromatic rings. The van der Waals surface area contributed by atoms with E-state index in [1.165, 1.54) is 0 Å². The molecule has 0 bridgehead atoms. The van der Waals surface area contributed by atoms with E-state index in [0.717, 1.165) is 23.4 Å². The van der Waals surface area contributed by atoms with Gasteiger partial charge in [0.05, 0.1) is 18.4 Å². The first-order chi connectivity index (χ1) is 10.6. The van der Waals surface area contributed by atoms with Gasteiger partial charge in [-0.15, -0.1) is 0 Å². The van der Waals surface area contributed by atoms with Gasteiger partial charge in [-0.1, -0.05) is 13.8 Å². The Bertz CT molecular complexity index is 699. The number of benzene rings is 1. The lowest BCUT2D eigenvalue weighted by atomic mass is 10.1. The van der Waals surface area contributed by atoms with Gasteiger partial charge in [-0.25, -0.2) is 0 Å². The first kappa shape index (κ1) is 16.0. The highest BCUT2D eigenvalue weighted by atomic mass is 16.5. The molecule has 4 heteroatoms. The summed E-state index contributed by atoms with van der Waals surface area (Å²) < 4.78 is 6.85. The minimum absolute atomic E-state index is 0.195. The molecule has 0 amide bonds. The number of hydrogen-bond acceptors (Lipinski definition) is 3. The van der Waals surface area contributed by atoms with Gasteiger partial charge in [-0.2, -0.15) is 0 Å². The number of ether oxygens (including phenoxy) is 1. The van der Waals surface area contributed by atoms with E-state index < -0.39 is 0 Å². The maximum atomic E-state index is 12.4. The molecule has 0 saturated heterocycles. The quantitative estimate of drug-likeness (QED) is 0.768. The van der Waals surface area contributed by atoms with Crippen LogP contribution in [0.4, 0.5) is 0 Å². The Labute approximate surface area is 130 Å². The Hall–Kier alpha value is -2.36. The van der Waals surface area contributed by atoms with Crippen LogP contribution in [0.3, 0.4) is 0 Å². The summed E-state index contributed by atoms with van der Waals surface area (Å²) in [6.07, 6.45) is 1.50. The van der Waals surface area contributed by atoms with E-state index in [1.807, 2.05) is 30.3 Å². The molecule has 1 heterocycles. The van der Waals surface area contributed by atoms with Gasteiger partial charge in [0, 0.05) is 6.54 Å². The average Bonchev–Trinajstić information content (AvgIpc) is 2.53. The minimum Gasteiger partial charge on any atom is -0.497 e. The Morgan fingerprint density at radius 3 is 2.36 bits per heavy atom. The van der Waals surface area contributed by atoms with Gasteiger partial charge in [0.25, 0.3) is 5.56 Å². The highest BCUT2D eigenvalue weighted by Crippen LogP contribution is 2.22. The monoisotopic (exact) mass is 299 g/mol. The van der Waals surface area contributed by atoms with Gasteiger partial charge in [-0.05, 0) is 54.3 Å². The standard InChI is InChI=1S/C18H21NO3/c1-13(2)10-11-19-17(9-6-15(12-20)18(19)21)14-4-7-16(22-3)8-5-14/h4-9,12-13H,10-11H2,1-3H3. The molecule has 0 saturated carbocycles. The van der Waals surface area contributed by atoms with E-state index in [4.69, 9.17) is 4.74 Å². The third kappa shape index (κ3) is 3.45. The molecule has 0 radical (unpaired) electrons. The smallest absolute Gasteiger partial charge is 0.261 e. The molecule has 0 unspecified atom stereocenters. The molecule has 0 fully saturated rings. The van der Waals surface area contributed by atoms with Crippen molar-refractivity contribution < 1.29 is 9.53 Å². The van der Waals surface area contributed by atoms with Crippen LogP contribution in [0, 0.1) is 5.92 Å². The molecule has 0 aliphatic rings. The Morgan fingerprint density at radius 1 is 1.14 bits per heavy atom. The van der Waals surface area contributed by atoms with Gasteiger partial charge >= 0.3 is 0 Å². The lowest BCUT2D eigenvalue weighted by Gasteiger charge is -2.15. The lowest BCUT2D eigenvalue weighted by molar-refractivity contribution is 0.112. The predicted octanol–water partition coefficient (Wildman–Crippen LogP) is 3.38. The van der Waals surface area contributed by atoms with E-state index in [1.54, 1.807) is 17.7 Å². The molecule has 1 aromatic heterocycles. The van der Waals surface area contributed by atoms with Crippen LogP contribution >= 0.6 is 0 Å². The predicted molar refractivity (Wildman–Crippen MR) is 87.5 cm³/mol. The average molecular weight is 299 g/mol. The van der Waals surface area contributed by atoms with Gasteiger partial charge < -0.3 is 9.30 Å². The van der Waals surface area contributed by atoms with E-state index >= 15 is 0 Å². The molecule has 0 N–H and O–H groups in total. The zero-order valence-electron chi connectivity index (χ0n) is 13.2. The minimum atomic E-state index is -0.232. The van der Waals surface area contributed by atoms with Crippen LogP contribution in [0.25, 0.3) is 11.3 Å². The van der Waals surface area contributed by atoms with Crippen LogP contribution in [0.15, 0.2) is 41.2 Å². The summed E-state index contributed by atoms with van der Waals surface area (Å²) in [7, 11) is 1.62. The normalized spacial score (nSPS) is 10.7. The molecule has 4 nitrogen and oxygen atoms in total. The molecule has 1 aromatic carbocycles. The number of pyridine rings is 1. The zero-order chi connectivity index (χ0) is 16.1. The third-order valence-electron chi connectivity index (χ3n) is 3.65. The number of nitrogens with zero attached hydrogens (tertiary/aromatic N) is 1. The molecule has 2 rings (SSSR count). The Balaban J connectivity index is 2.50. The first-order valence-electron chi connectivity index (χ1n) is 7.40. The number of rotatable bonds is 6. The summed E-state index contributed by atoms with van der Waals surface area (Å²) in [5.74, 6) is 1.25. The van der Waals surface area contributed by atoms with Crippen molar-refractivity contribution in [2.45, 2.75) is 26.8 Å². The highest BCUT2D eigenvalue weighted by molar-refractivity contribution is 5.75. The number of aldehydes is 1. The zero-order valence-corrected chi connectivity index (χ0v) is 13.2. The number of methoxy groups -OCH3 is 1. The fraction of sp³-hybridized carbons (Fsp3) is 0.333. The molecule has 0 aliphatic heterocycles. The van der Waals surface area contributed by atoms with Crippen LogP contribution in [0.2, 0.25) is 0 Å². The maximum Gasteiger partial charge on any atom is 0.261 e. The molecule has 0 atom stereocenters. The van der Waals surface area contributed by atoms with Gasteiger partial charge in [0.15, 0.2) is 6.29 Å². The number of aromatic nitrogens is 1. The molecule has 116 valence electrons. The molecule has 0 aliphatic carbocycles. The summed E-state index contributed by atoms with van der Waals surface area (Å²) in [6.45, 7) is 4.82. The van der Waals surface area contributed by atoms with Crippen LogP contribution < -0.4 is 10.3 Å². The summed E-state index contributed by atoms with van der Waals surface area (Å²) in [5, 5.41) is 0.